The number of nitrogens with one attached hydrogen (secondary N) is 1. The number of hydrogen-bond donors (Lipinski definition) is 2. The molecule has 0 saturated carbocycles. The quantitative estimate of drug-likeness (QED) is 0.746. The van der Waals surface area contributed by atoms with E-state index in [1.54, 1.807) is 18.3 Å². The molecular formula is C15H13N3O3. The summed E-state index contributed by atoms with van der Waals surface area (Å²) in [7, 11) is 0. The SMILES string of the molecule is O=C(O)c1oc2ccccc2c1CNCc1cccnn1. The first-order valence-corrected chi connectivity index (χ1v) is 6.46. The van der Waals surface area contributed by atoms with Crippen LogP contribution in [0.1, 0.15) is 21.8 Å². The number of carbonyl (C=O) groups is 1. The van der Waals surface area contributed by atoms with E-state index in [4.69, 9.17) is 4.42 Å². The van der Waals surface area contributed by atoms with E-state index in [2.05, 4.69) is 15.5 Å². The fourth-order valence-electron chi connectivity index (χ4n) is 2.19. The molecule has 21 heavy (non-hydrogen) atoms. The summed E-state index contributed by atoms with van der Waals surface area (Å²) in [5.74, 6) is -1.09. The Morgan fingerprint density at radius 2 is 2.05 bits per heavy atom. The molecule has 1 aromatic carbocycles. The highest BCUT2D eigenvalue weighted by Gasteiger charge is 2.19. The standard InChI is InChI=1S/C15H13N3O3/c19-15(20)14-12(11-5-1-2-6-13(11)21-14)9-16-8-10-4-3-7-17-18-10/h1-7,16H,8-9H2,(H,19,20). The molecule has 3 rings (SSSR count). The third-order valence-electron chi connectivity index (χ3n) is 3.13. The maximum absolute atomic E-state index is 11.3. The summed E-state index contributed by atoms with van der Waals surface area (Å²) in [4.78, 5) is 11.3. The second kappa shape index (κ2) is 5.72. The van der Waals surface area contributed by atoms with E-state index in [1.807, 2.05) is 24.3 Å². The van der Waals surface area contributed by atoms with Gasteiger partial charge in [-0.15, -0.1) is 0 Å². The second-order valence-electron chi connectivity index (χ2n) is 4.53. The molecule has 0 aliphatic carbocycles. The Bertz CT molecular complexity index is 768. The van der Waals surface area contributed by atoms with Crippen molar-refractivity contribution in [2.24, 2.45) is 0 Å². The van der Waals surface area contributed by atoms with Gasteiger partial charge < -0.3 is 14.8 Å². The van der Waals surface area contributed by atoms with Gasteiger partial charge >= 0.3 is 5.97 Å². The molecule has 2 aromatic heterocycles. The van der Waals surface area contributed by atoms with Crippen molar-refractivity contribution in [1.29, 1.82) is 0 Å². The van der Waals surface area contributed by atoms with Gasteiger partial charge in [0, 0.05) is 30.2 Å². The van der Waals surface area contributed by atoms with Crippen molar-refractivity contribution in [1.82, 2.24) is 15.5 Å². The summed E-state index contributed by atoms with van der Waals surface area (Å²) in [6.07, 6.45) is 1.61. The lowest BCUT2D eigenvalue weighted by atomic mass is 10.1. The lowest BCUT2D eigenvalue weighted by Gasteiger charge is -2.03. The van der Waals surface area contributed by atoms with E-state index >= 15 is 0 Å². The Hall–Kier alpha value is -2.73. The lowest BCUT2D eigenvalue weighted by Crippen LogP contribution is -2.15. The maximum atomic E-state index is 11.3. The Balaban J connectivity index is 1.82. The van der Waals surface area contributed by atoms with Crippen LogP contribution in [0.2, 0.25) is 0 Å². The van der Waals surface area contributed by atoms with E-state index < -0.39 is 5.97 Å². The monoisotopic (exact) mass is 283 g/mol. The number of rotatable bonds is 5. The molecule has 0 aliphatic rings. The second-order valence-corrected chi connectivity index (χ2v) is 4.53. The molecule has 0 fully saturated rings. The average Bonchev–Trinajstić information content (AvgIpc) is 2.88. The zero-order chi connectivity index (χ0) is 14.7. The number of benzene rings is 1. The van der Waals surface area contributed by atoms with Gasteiger partial charge in [-0.25, -0.2) is 4.79 Å². The summed E-state index contributed by atoms with van der Waals surface area (Å²) < 4.78 is 5.40. The molecule has 0 saturated heterocycles. The Morgan fingerprint density at radius 3 is 2.81 bits per heavy atom. The summed E-state index contributed by atoms with van der Waals surface area (Å²) >= 11 is 0. The molecule has 3 aromatic rings. The van der Waals surface area contributed by atoms with Crippen molar-refractivity contribution in [2.45, 2.75) is 13.1 Å². The lowest BCUT2D eigenvalue weighted by molar-refractivity contribution is 0.0663. The molecule has 106 valence electrons. The average molecular weight is 283 g/mol. The summed E-state index contributed by atoms with van der Waals surface area (Å²) in [6, 6.07) is 10.9. The first-order valence-electron chi connectivity index (χ1n) is 6.46. The number of hydrogen-bond acceptors (Lipinski definition) is 5. The normalized spacial score (nSPS) is 10.9. The Labute approximate surface area is 120 Å². The van der Waals surface area contributed by atoms with Crippen LogP contribution in [0.25, 0.3) is 11.0 Å². The third-order valence-corrected chi connectivity index (χ3v) is 3.13. The van der Waals surface area contributed by atoms with Crippen LogP contribution >= 0.6 is 0 Å². The van der Waals surface area contributed by atoms with E-state index in [1.165, 1.54) is 0 Å². The van der Waals surface area contributed by atoms with Crippen molar-refractivity contribution in [3.05, 3.63) is 59.6 Å². The van der Waals surface area contributed by atoms with Crippen LogP contribution in [0.4, 0.5) is 0 Å². The number of furan rings is 1. The van der Waals surface area contributed by atoms with Crippen LogP contribution in [-0.2, 0) is 13.1 Å². The minimum Gasteiger partial charge on any atom is -0.475 e. The summed E-state index contributed by atoms with van der Waals surface area (Å²) in [5, 5.41) is 21.0. The van der Waals surface area contributed by atoms with Gasteiger partial charge in [-0.3, -0.25) is 0 Å². The van der Waals surface area contributed by atoms with Crippen LogP contribution in [0, 0.1) is 0 Å². The molecule has 0 unspecified atom stereocenters. The number of carboxylic acids is 1. The molecule has 0 spiro atoms. The predicted octanol–water partition coefficient (Wildman–Crippen LogP) is 2.21. The van der Waals surface area contributed by atoms with E-state index in [0.717, 1.165) is 11.1 Å². The number of para-hydroxylation sites is 1. The molecule has 6 nitrogen and oxygen atoms in total. The van der Waals surface area contributed by atoms with E-state index in [9.17, 15) is 9.90 Å². The fourth-order valence-corrected chi connectivity index (χ4v) is 2.19. The predicted molar refractivity (Wildman–Crippen MR) is 75.7 cm³/mol. The van der Waals surface area contributed by atoms with Crippen molar-refractivity contribution in [3.63, 3.8) is 0 Å². The molecule has 0 atom stereocenters. The van der Waals surface area contributed by atoms with Crippen LogP contribution in [-0.4, -0.2) is 21.3 Å². The zero-order valence-electron chi connectivity index (χ0n) is 11.1. The molecule has 0 amide bonds. The van der Waals surface area contributed by atoms with E-state index in [0.29, 0.717) is 24.2 Å². The highest BCUT2D eigenvalue weighted by molar-refractivity contribution is 5.95. The van der Waals surface area contributed by atoms with Gasteiger partial charge in [0.25, 0.3) is 0 Å². The fraction of sp³-hybridized carbons (Fsp3) is 0.133. The van der Waals surface area contributed by atoms with Crippen molar-refractivity contribution < 1.29 is 14.3 Å². The molecule has 0 aliphatic heterocycles. The van der Waals surface area contributed by atoms with Gasteiger partial charge in [-0.05, 0) is 18.2 Å². The van der Waals surface area contributed by atoms with Crippen molar-refractivity contribution in [2.75, 3.05) is 0 Å². The van der Waals surface area contributed by atoms with Gasteiger partial charge in [-0.1, -0.05) is 18.2 Å². The van der Waals surface area contributed by atoms with Crippen molar-refractivity contribution in [3.8, 4) is 0 Å². The number of aromatic nitrogens is 2. The number of nitrogens with zero attached hydrogens (tertiary/aromatic N) is 2. The topological polar surface area (TPSA) is 88.2 Å². The van der Waals surface area contributed by atoms with Gasteiger partial charge in [0.05, 0.1) is 5.69 Å². The van der Waals surface area contributed by atoms with Gasteiger partial charge in [0.15, 0.2) is 0 Å². The number of carboxylic acid groups (broad SMARTS) is 1. The highest BCUT2D eigenvalue weighted by atomic mass is 16.4. The number of aromatic carboxylic acids is 1. The van der Waals surface area contributed by atoms with Gasteiger partial charge in [0.2, 0.25) is 5.76 Å². The minimum absolute atomic E-state index is 0.0251. The molecular weight excluding hydrogens is 270 g/mol. The maximum Gasteiger partial charge on any atom is 0.372 e. The molecule has 0 bridgehead atoms. The zero-order valence-corrected chi connectivity index (χ0v) is 11.1. The third kappa shape index (κ3) is 2.75. The molecule has 6 heteroatoms. The van der Waals surface area contributed by atoms with Crippen LogP contribution < -0.4 is 5.32 Å². The molecule has 2 N–H and O–H groups in total. The first-order chi connectivity index (χ1) is 10.3. The first kappa shape index (κ1) is 13.3. The Kier molecular flexibility index (Phi) is 3.61. The molecule has 0 radical (unpaired) electrons. The minimum atomic E-state index is -1.07. The van der Waals surface area contributed by atoms with Crippen LogP contribution in [0.5, 0.6) is 0 Å². The largest absolute Gasteiger partial charge is 0.475 e. The Morgan fingerprint density at radius 1 is 1.19 bits per heavy atom. The smallest absolute Gasteiger partial charge is 0.372 e. The van der Waals surface area contributed by atoms with Gasteiger partial charge in [0.1, 0.15) is 5.58 Å². The van der Waals surface area contributed by atoms with Gasteiger partial charge in [-0.2, -0.15) is 10.2 Å². The number of fused-ring (bicyclic) bond motifs is 1. The highest BCUT2D eigenvalue weighted by Crippen LogP contribution is 2.25. The molecule has 2 heterocycles. The summed E-state index contributed by atoms with van der Waals surface area (Å²) in [6.45, 7) is 0.891. The van der Waals surface area contributed by atoms with E-state index in [-0.39, 0.29) is 5.76 Å². The van der Waals surface area contributed by atoms with Crippen LogP contribution in [0.3, 0.4) is 0 Å². The van der Waals surface area contributed by atoms with Crippen molar-refractivity contribution >= 4 is 16.9 Å². The summed E-state index contributed by atoms with van der Waals surface area (Å²) in [5.41, 5.74) is 2.01. The van der Waals surface area contributed by atoms with Crippen LogP contribution in [0.15, 0.2) is 47.0 Å².